The number of aryl methyl sites for hydroxylation is 1. The second-order valence-corrected chi connectivity index (χ2v) is 25.0. The predicted molar refractivity (Wildman–Crippen MR) is 394 cm³/mol. The summed E-state index contributed by atoms with van der Waals surface area (Å²) < 4.78 is 11.5. The fourth-order valence-corrected chi connectivity index (χ4v) is 9.27. The van der Waals surface area contributed by atoms with Crippen molar-refractivity contribution in [2.45, 2.75) is 161 Å². The summed E-state index contributed by atoms with van der Waals surface area (Å²) in [6, 6.07) is 10.1. The van der Waals surface area contributed by atoms with Crippen LogP contribution in [0.5, 0.6) is 11.5 Å². The number of rotatable bonds is 31. The summed E-state index contributed by atoms with van der Waals surface area (Å²) in [5.74, 6) is -3.62. The number of carbonyl (C=O) groups is 7. The lowest BCUT2D eigenvalue weighted by molar-refractivity contribution is -0.135. The van der Waals surface area contributed by atoms with Gasteiger partial charge in [-0.05, 0) is 136 Å². The average Bonchev–Trinajstić information content (AvgIpc) is 0.831. The minimum absolute atomic E-state index is 0.188. The Balaban J connectivity index is 0.000000542. The zero-order chi connectivity index (χ0) is 75.4. The van der Waals surface area contributed by atoms with Gasteiger partial charge < -0.3 is 127 Å². The monoisotopic (exact) mass is 1460 g/mol. The fraction of sp³-hybridized carbons (Fsp3) is 0.561. The minimum atomic E-state index is -1.78. The van der Waals surface area contributed by atoms with Gasteiger partial charge in [0.25, 0.3) is 5.91 Å². The zero-order valence-corrected chi connectivity index (χ0v) is 60.4. The number of carbonyl (C=O) groups excluding carboxylic acids is 7. The molecule has 1 saturated heterocycles. The van der Waals surface area contributed by atoms with Crippen molar-refractivity contribution >= 4 is 93.3 Å². The second-order valence-electron chi connectivity index (χ2n) is 24.2. The van der Waals surface area contributed by atoms with E-state index in [1.54, 1.807) is 6.20 Å². The van der Waals surface area contributed by atoms with Crippen LogP contribution >= 0.6 is 24.4 Å². The van der Waals surface area contributed by atoms with Gasteiger partial charge >= 0.3 is 6.03 Å². The van der Waals surface area contributed by atoms with E-state index in [-0.39, 0.29) is 44.1 Å². The topological polar surface area (TPSA) is 539 Å². The molecular weight excluding hydrogens is 1350 g/mol. The van der Waals surface area contributed by atoms with Gasteiger partial charge in [-0.2, -0.15) is 0 Å². The molecule has 33 nitrogen and oxygen atoms in total. The van der Waals surface area contributed by atoms with Crippen LogP contribution in [-0.2, 0) is 35.2 Å². The van der Waals surface area contributed by atoms with Crippen LogP contribution in [0.1, 0.15) is 111 Å². The maximum atomic E-state index is 13.6. The average molecular weight is 1460 g/mol. The Kier molecular flexibility index (Phi) is 43.8. The number of aromatic nitrogens is 1. The van der Waals surface area contributed by atoms with Gasteiger partial charge in [0.05, 0.1) is 45.7 Å². The lowest BCUT2D eigenvalue weighted by Crippen LogP contribution is -2.64. The van der Waals surface area contributed by atoms with E-state index < -0.39 is 109 Å². The molecule has 2 aliphatic rings. The van der Waals surface area contributed by atoms with Crippen molar-refractivity contribution in [3.8, 4) is 11.5 Å². The van der Waals surface area contributed by atoms with Crippen molar-refractivity contribution in [1.82, 2.24) is 58.2 Å². The first-order chi connectivity index (χ1) is 48.1. The number of nitrogens with two attached hydrogens (primary N) is 5. The number of guanidine groups is 1. The van der Waals surface area contributed by atoms with E-state index in [4.69, 9.17) is 72.8 Å². The second kappa shape index (κ2) is 49.9. The molecule has 5 rings (SSSR count). The molecule has 3 aromatic rings. The number of anilines is 2. The third kappa shape index (κ3) is 37.1. The molecule has 8 amide bonds. The van der Waals surface area contributed by atoms with E-state index >= 15 is 0 Å². The molecule has 9 atom stereocenters. The molecule has 3 heterocycles. The van der Waals surface area contributed by atoms with E-state index in [1.165, 1.54) is 0 Å². The van der Waals surface area contributed by atoms with Gasteiger partial charge in [-0.1, -0.05) is 60.7 Å². The first-order valence-electron chi connectivity index (χ1n) is 33.6. The molecule has 2 aromatic carbocycles. The highest BCUT2D eigenvalue weighted by Crippen LogP contribution is 2.20. The molecule has 0 bridgehead atoms. The molecule has 1 fully saturated rings. The van der Waals surface area contributed by atoms with Crippen LogP contribution in [0, 0.1) is 11.8 Å². The van der Waals surface area contributed by atoms with Crippen LogP contribution in [0.3, 0.4) is 0 Å². The summed E-state index contributed by atoms with van der Waals surface area (Å²) in [5.41, 5.74) is 30.7. The Morgan fingerprint density at radius 1 is 0.733 bits per heavy atom. The molecule has 0 unspecified atom stereocenters. The van der Waals surface area contributed by atoms with Crippen LogP contribution in [0.2, 0.25) is 0 Å². The van der Waals surface area contributed by atoms with Crippen molar-refractivity contribution in [3.05, 3.63) is 90.0 Å². The van der Waals surface area contributed by atoms with Crippen LogP contribution in [0.15, 0.2) is 83.7 Å². The molecule has 1 aromatic heterocycles. The summed E-state index contributed by atoms with van der Waals surface area (Å²) in [4.78, 5) is 98.5. The molecule has 0 saturated carbocycles. The van der Waals surface area contributed by atoms with E-state index in [1.807, 2.05) is 86.8 Å². The number of hydrogen-bond acceptors (Lipinski definition) is 24. The van der Waals surface area contributed by atoms with Crippen LogP contribution in [-0.4, -0.2) is 208 Å². The molecule has 35 heteroatoms. The highest BCUT2D eigenvalue weighted by molar-refractivity contribution is 7.81. The molecule has 0 radical (unpaired) electrons. The molecule has 564 valence electrons. The smallest absolute Gasteiger partial charge is 0.316 e. The number of urea groups is 1. The van der Waals surface area contributed by atoms with Crippen LogP contribution in [0.4, 0.5) is 16.2 Å². The van der Waals surface area contributed by atoms with Gasteiger partial charge in [0.2, 0.25) is 29.5 Å². The number of thiocarbonyl (C=S) groups is 2. The highest BCUT2D eigenvalue weighted by Gasteiger charge is 2.37. The number of hydrogen-bond donors (Lipinski definition) is 22. The van der Waals surface area contributed by atoms with Crippen LogP contribution < -0.4 is 102 Å². The first kappa shape index (κ1) is 88.6. The zero-order valence-electron chi connectivity index (χ0n) is 58.7. The van der Waals surface area contributed by atoms with Gasteiger partial charge in [0.1, 0.15) is 46.4 Å². The van der Waals surface area contributed by atoms with Crippen LogP contribution in [0.25, 0.3) is 0 Å². The number of nitrogens with one attached hydrogen (secondary N) is 12. The Morgan fingerprint density at radius 2 is 1.27 bits per heavy atom. The molecule has 101 heavy (non-hydrogen) atoms. The Hall–Kier alpha value is -8.49. The van der Waals surface area contributed by atoms with E-state index in [9.17, 15) is 48.9 Å². The summed E-state index contributed by atoms with van der Waals surface area (Å²) in [6.45, 7) is 16.1. The summed E-state index contributed by atoms with van der Waals surface area (Å²) >= 11 is 10.2. The Morgan fingerprint density at radius 3 is 1.73 bits per heavy atom. The fourth-order valence-electron chi connectivity index (χ4n) is 8.90. The quantitative estimate of drug-likeness (QED) is 0.0197. The molecule has 27 N–H and O–H groups in total. The number of pyridine rings is 1. The third-order valence-corrected chi connectivity index (χ3v) is 15.4. The van der Waals surface area contributed by atoms with Gasteiger partial charge in [-0.25, -0.2) is 9.79 Å². The van der Waals surface area contributed by atoms with Crippen molar-refractivity contribution < 1.29 is 68.6 Å². The summed E-state index contributed by atoms with van der Waals surface area (Å²) in [7, 11) is 0. The number of amides is 8. The maximum Gasteiger partial charge on any atom is 0.316 e. The molecular formula is C66H109N19O14S2. The van der Waals surface area contributed by atoms with Crippen molar-refractivity contribution in [1.29, 1.82) is 0 Å². The maximum absolute atomic E-state index is 13.6. The number of aliphatic hydroxyl groups excluding tert-OH is 5. The molecule has 2 aliphatic heterocycles. The number of benzene rings is 2. The minimum Gasteiger partial charge on any atom is -0.494 e. The summed E-state index contributed by atoms with van der Waals surface area (Å²) in [6.07, 6.45) is 6.28. The lowest BCUT2D eigenvalue weighted by Gasteiger charge is -2.33. The number of ether oxygens (including phenoxy) is 2. The van der Waals surface area contributed by atoms with E-state index in [2.05, 4.69) is 96.2 Å². The number of primary amides is 1. The number of aliphatic hydroxyl groups is 5. The largest absolute Gasteiger partial charge is 0.494 e. The van der Waals surface area contributed by atoms with Crippen molar-refractivity contribution in [3.63, 3.8) is 0 Å². The van der Waals surface area contributed by atoms with Gasteiger partial charge in [-0.15, -0.1) is 0 Å². The predicted octanol–water partition coefficient (Wildman–Crippen LogP) is -1.55. The molecule has 0 aliphatic carbocycles. The van der Waals surface area contributed by atoms with Gasteiger partial charge in [-0.3, -0.25) is 33.8 Å². The Bertz CT molecular complexity index is 3000. The normalized spacial score (nSPS) is 19.3. The summed E-state index contributed by atoms with van der Waals surface area (Å²) in [5, 5.41) is 79.1. The Labute approximate surface area is 601 Å². The van der Waals surface area contributed by atoms with E-state index in [0.29, 0.717) is 47.5 Å². The van der Waals surface area contributed by atoms with E-state index in [0.717, 1.165) is 92.5 Å². The van der Waals surface area contributed by atoms with Crippen molar-refractivity contribution in [2.24, 2.45) is 45.5 Å². The third-order valence-electron chi connectivity index (χ3n) is 14.9. The standard InChI is InChI=1S/C25H43N13O10.C23H32N2O2S.C10H24N2O2.C8H10N2S/c26-3-1-2-10(27)4-16(41)32-12-6-30-23(47)18(11-5-17(42)37-24(28)36-11)38-20(44)13(7-31-25(29)48)33-21(45)14(8-39)35-22(46)15(9-40)34-19(12)43;1-17(2)13-15-26-21-9-5-19(6-10-21)24-23(28)25-20-7-11-22(12-8-20)27-16-14-18(3)4;1-3-9(7-13)11-5-6-12-10(4-2)8-14;1-2-7-5-6(8(9)11)3-4-10-7/h7,10-12,14-15,17-18,39-40,42H,1-6,8-9,26-27H2,(H,30,47)(H,32,41)(H,33,45)(H,34,43)(H,35,46)(H,38,44)(H3,28,36,37)(H3,29,31,48);5-12,17-18H,13-16H2,1-4H3,(H2,24,25,28);9-14H,3-8H2,1-2H3;3-5H,2H2,1H3,(H2,9,11)/b13-7-;;;/t10-,11+,12-,14-,15-,17-,18-;;9-,10-;/m0.0./s1. The van der Waals surface area contributed by atoms with Crippen molar-refractivity contribution in [2.75, 3.05) is 76.5 Å². The molecule has 0 spiro atoms. The number of nitrogens with zero attached hydrogens (tertiary/aromatic N) is 2. The lowest BCUT2D eigenvalue weighted by atomic mass is 10.0. The SMILES string of the molecule is CC(C)CCOc1ccc(NC(=S)Nc2ccc(OCCC(C)C)cc2)cc1.CC[C@@H](CO)NCCN[C@@H](CC)CO.CCc1cc(C(N)=S)ccn1.NCCC[C@H](N)CC(=O)N[C@H]1CNC(=O)[C@H]([C@H]2C[C@H](O)N=C(N)N2)NC(=O)/C(=C/NC(N)=O)NC(=O)[C@H](CO)NC(=O)[C@H](CO)NC1=O. The van der Waals surface area contributed by atoms with Gasteiger partial charge in [0.15, 0.2) is 17.3 Å². The van der Waals surface area contributed by atoms with Gasteiger partial charge in [0, 0.05) is 85.6 Å². The number of aliphatic imine (C=N–C) groups is 1. The highest BCUT2D eigenvalue weighted by atomic mass is 32.1. The first-order valence-corrected chi connectivity index (χ1v) is 34.4.